The van der Waals surface area contributed by atoms with Gasteiger partial charge in [-0.05, 0) is 105 Å². The highest BCUT2D eigenvalue weighted by atomic mass is 35.5. The van der Waals surface area contributed by atoms with Crippen LogP contribution in [-0.4, -0.2) is 11.2 Å². The fourth-order valence-corrected chi connectivity index (χ4v) is 6.91. The fourth-order valence-electron chi connectivity index (χ4n) is 6.48. The van der Waals surface area contributed by atoms with Gasteiger partial charge < -0.3 is 10.6 Å². The number of rotatable bonds is 5. The highest BCUT2D eigenvalue weighted by molar-refractivity contribution is 7.80. The van der Waals surface area contributed by atoms with Gasteiger partial charge in [0.1, 0.15) is 0 Å². The monoisotopic (exact) mass is 390 g/mol. The minimum absolute atomic E-state index is 0.472. The summed E-state index contributed by atoms with van der Waals surface area (Å²) in [6.07, 6.45) is 11.1. The van der Waals surface area contributed by atoms with Gasteiger partial charge in [-0.2, -0.15) is 0 Å². The van der Waals surface area contributed by atoms with Crippen molar-refractivity contribution in [2.24, 2.45) is 23.2 Å². The van der Waals surface area contributed by atoms with E-state index in [1.54, 1.807) is 0 Å². The molecule has 1 unspecified atom stereocenters. The van der Waals surface area contributed by atoms with Crippen molar-refractivity contribution < 1.29 is 0 Å². The van der Waals surface area contributed by atoms with Gasteiger partial charge in [0.2, 0.25) is 0 Å². The molecule has 0 spiro atoms. The maximum atomic E-state index is 6.26. The lowest BCUT2D eigenvalue weighted by molar-refractivity contribution is -0.0718. The van der Waals surface area contributed by atoms with Crippen molar-refractivity contribution in [2.75, 3.05) is 5.32 Å². The fraction of sp³-hybridized carbons (Fsp3) is 0.682. The molecule has 0 aliphatic heterocycles. The van der Waals surface area contributed by atoms with Gasteiger partial charge in [-0.1, -0.05) is 31.0 Å². The summed E-state index contributed by atoms with van der Waals surface area (Å²) in [5.74, 6) is 2.91. The van der Waals surface area contributed by atoms with Gasteiger partial charge >= 0.3 is 0 Å². The first-order valence-electron chi connectivity index (χ1n) is 10.3. The Morgan fingerprint density at radius 1 is 1.19 bits per heavy atom. The summed E-state index contributed by atoms with van der Waals surface area (Å²) < 4.78 is 0. The van der Waals surface area contributed by atoms with Crippen molar-refractivity contribution in [3.05, 3.63) is 28.8 Å². The normalized spacial score (nSPS) is 33.1. The standard InChI is InChI=1S/C22H31ClN2S/c1-3-5-20(22-11-15-8-16(12-22)10-17(9-15)13-22)25-21(26)24-19-7-4-6-18(23)14(19)2/h4,6-7,15-17,20H,3,5,8-13H2,1-2H3,(H2,24,25,26). The zero-order valence-corrected chi connectivity index (χ0v) is 17.6. The first-order chi connectivity index (χ1) is 12.5. The quantitative estimate of drug-likeness (QED) is 0.575. The second-order valence-corrected chi connectivity index (χ2v) is 9.95. The van der Waals surface area contributed by atoms with Crippen LogP contribution in [0.15, 0.2) is 18.2 Å². The summed E-state index contributed by atoms with van der Waals surface area (Å²) in [5.41, 5.74) is 2.54. The number of anilines is 1. The molecule has 26 heavy (non-hydrogen) atoms. The van der Waals surface area contributed by atoms with Crippen LogP contribution in [0.5, 0.6) is 0 Å². The molecule has 1 aromatic carbocycles. The molecule has 0 radical (unpaired) electrons. The number of hydrogen-bond acceptors (Lipinski definition) is 1. The van der Waals surface area contributed by atoms with Crippen LogP contribution < -0.4 is 10.6 Å². The van der Waals surface area contributed by atoms with Crippen LogP contribution in [0.4, 0.5) is 5.69 Å². The van der Waals surface area contributed by atoms with Crippen molar-refractivity contribution in [3.63, 3.8) is 0 Å². The van der Waals surface area contributed by atoms with E-state index in [9.17, 15) is 0 Å². The highest BCUT2D eigenvalue weighted by Gasteiger charge is 2.54. The SMILES string of the molecule is CCCC(NC(=S)Nc1cccc(Cl)c1C)C12CC3CC(CC(C3)C1)C2. The zero-order chi connectivity index (χ0) is 18.3. The molecule has 4 fully saturated rings. The summed E-state index contributed by atoms with van der Waals surface area (Å²) in [5, 5.41) is 8.69. The van der Waals surface area contributed by atoms with E-state index in [2.05, 4.69) is 23.6 Å². The molecule has 5 rings (SSSR count). The van der Waals surface area contributed by atoms with E-state index in [1.165, 1.54) is 51.4 Å². The van der Waals surface area contributed by atoms with Crippen LogP contribution in [0.25, 0.3) is 0 Å². The number of halogens is 1. The lowest BCUT2D eigenvalue weighted by atomic mass is 9.47. The molecule has 4 aliphatic carbocycles. The van der Waals surface area contributed by atoms with Gasteiger partial charge in [0.05, 0.1) is 0 Å². The van der Waals surface area contributed by atoms with Crippen LogP contribution in [-0.2, 0) is 0 Å². The summed E-state index contributed by atoms with van der Waals surface area (Å²) >= 11 is 12.0. The predicted octanol–water partition coefficient (Wildman–Crippen LogP) is 6.32. The number of thiocarbonyl (C=S) groups is 1. The van der Waals surface area contributed by atoms with Crippen LogP contribution >= 0.6 is 23.8 Å². The molecule has 4 saturated carbocycles. The third kappa shape index (κ3) is 3.49. The zero-order valence-electron chi connectivity index (χ0n) is 16.0. The molecule has 2 nitrogen and oxygen atoms in total. The third-order valence-corrected chi connectivity index (χ3v) is 7.85. The molecule has 1 atom stereocenters. The Hall–Kier alpha value is -0.800. The molecule has 4 bridgehead atoms. The number of nitrogens with one attached hydrogen (secondary N) is 2. The van der Waals surface area contributed by atoms with E-state index in [0.29, 0.717) is 11.5 Å². The molecule has 4 aliphatic rings. The predicted molar refractivity (Wildman–Crippen MR) is 115 cm³/mol. The molecule has 0 saturated heterocycles. The molecule has 142 valence electrons. The van der Waals surface area contributed by atoms with Gasteiger partial charge in [0.15, 0.2) is 5.11 Å². The van der Waals surface area contributed by atoms with Crippen molar-refractivity contribution in [2.45, 2.75) is 71.3 Å². The van der Waals surface area contributed by atoms with Gasteiger partial charge in [0.25, 0.3) is 0 Å². The largest absolute Gasteiger partial charge is 0.359 e. The summed E-state index contributed by atoms with van der Waals surface area (Å²) in [7, 11) is 0. The second-order valence-electron chi connectivity index (χ2n) is 9.13. The Labute approximate surface area is 168 Å². The number of benzene rings is 1. The lowest BCUT2D eigenvalue weighted by Gasteiger charge is -2.59. The average molecular weight is 391 g/mol. The van der Waals surface area contributed by atoms with Crippen LogP contribution in [0.1, 0.15) is 63.9 Å². The third-order valence-electron chi connectivity index (χ3n) is 7.22. The van der Waals surface area contributed by atoms with Crippen molar-refractivity contribution in [1.29, 1.82) is 0 Å². The van der Waals surface area contributed by atoms with E-state index in [1.807, 2.05) is 19.1 Å². The number of hydrogen-bond donors (Lipinski definition) is 2. The van der Waals surface area contributed by atoms with Crippen LogP contribution in [0.2, 0.25) is 5.02 Å². The second kappa shape index (κ2) is 7.31. The Morgan fingerprint density at radius 3 is 2.38 bits per heavy atom. The van der Waals surface area contributed by atoms with Gasteiger partial charge in [-0.15, -0.1) is 0 Å². The van der Waals surface area contributed by atoms with E-state index in [-0.39, 0.29) is 0 Å². The highest BCUT2D eigenvalue weighted by Crippen LogP contribution is 2.61. The van der Waals surface area contributed by atoms with E-state index >= 15 is 0 Å². The van der Waals surface area contributed by atoms with Crippen molar-refractivity contribution in [1.82, 2.24) is 5.32 Å². The molecule has 0 heterocycles. The molecule has 4 heteroatoms. The van der Waals surface area contributed by atoms with Crippen molar-refractivity contribution >= 4 is 34.6 Å². The minimum Gasteiger partial charge on any atom is -0.359 e. The summed E-state index contributed by atoms with van der Waals surface area (Å²) in [6, 6.07) is 6.45. The molecule has 0 amide bonds. The average Bonchev–Trinajstić information content (AvgIpc) is 2.57. The Balaban J connectivity index is 1.49. The topological polar surface area (TPSA) is 24.1 Å². The van der Waals surface area contributed by atoms with E-state index < -0.39 is 0 Å². The summed E-state index contributed by atoms with van der Waals surface area (Å²) in [6.45, 7) is 4.34. The smallest absolute Gasteiger partial charge is 0.171 e. The minimum atomic E-state index is 0.472. The first kappa shape index (κ1) is 18.6. The first-order valence-corrected chi connectivity index (χ1v) is 11.1. The molecule has 0 aromatic heterocycles. The summed E-state index contributed by atoms with van der Waals surface area (Å²) in [4.78, 5) is 0. The Bertz CT molecular complexity index is 651. The van der Waals surface area contributed by atoms with Gasteiger partial charge in [-0.3, -0.25) is 0 Å². The maximum Gasteiger partial charge on any atom is 0.171 e. The van der Waals surface area contributed by atoms with E-state index in [4.69, 9.17) is 23.8 Å². The maximum absolute atomic E-state index is 6.26. The van der Waals surface area contributed by atoms with Crippen LogP contribution in [0, 0.1) is 30.1 Å². The van der Waals surface area contributed by atoms with Crippen molar-refractivity contribution in [3.8, 4) is 0 Å². The van der Waals surface area contributed by atoms with Gasteiger partial charge in [0, 0.05) is 16.8 Å². The Morgan fingerprint density at radius 2 is 1.81 bits per heavy atom. The Kier molecular flexibility index (Phi) is 5.22. The van der Waals surface area contributed by atoms with Crippen LogP contribution in [0.3, 0.4) is 0 Å². The molecular weight excluding hydrogens is 360 g/mol. The van der Waals surface area contributed by atoms with Gasteiger partial charge in [-0.25, -0.2) is 0 Å². The lowest BCUT2D eigenvalue weighted by Crippen LogP contribution is -2.57. The molecule has 2 N–H and O–H groups in total. The molecule has 1 aromatic rings. The van der Waals surface area contributed by atoms with E-state index in [0.717, 1.165) is 39.1 Å². The molecular formula is C22H31ClN2S.